The minimum absolute atomic E-state index is 0.131. The lowest BCUT2D eigenvalue weighted by Gasteiger charge is -2.15. The van der Waals surface area contributed by atoms with Gasteiger partial charge >= 0.3 is 5.25 Å². The van der Waals surface area contributed by atoms with Gasteiger partial charge in [0, 0.05) is 11.3 Å². The van der Waals surface area contributed by atoms with E-state index in [1.54, 1.807) is 0 Å². The van der Waals surface area contributed by atoms with Crippen molar-refractivity contribution in [3.8, 4) is 5.75 Å². The predicted octanol–water partition coefficient (Wildman–Crippen LogP) is 3.59. The van der Waals surface area contributed by atoms with E-state index in [0.717, 1.165) is 0 Å². The van der Waals surface area contributed by atoms with E-state index in [0.29, 0.717) is 18.6 Å². The Bertz CT molecular complexity index is 377. The number of halogens is 2. The van der Waals surface area contributed by atoms with Crippen LogP contribution in [-0.4, -0.2) is 16.6 Å². The van der Waals surface area contributed by atoms with Crippen molar-refractivity contribution in [3.05, 3.63) is 24.3 Å². The maximum Gasteiger partial charge on any atom is 0.325 e. The van der Waals surface area contributed by atoms with Crippen LogP contribution in [0.2, 0.25) is 0 Å². The van der Waals surface area contributed by atoms with Crippen molar-refractivity contribution in [2.45, 2.75) is 36.3 Å². The highest BCUT2D eigenvalue weighted by atomic mass is 32.2. The molecule has 0 radical (unpaired) electrons. The number of unbranched alkanes of at least 4 members (excludes halogenated alkanes) is 1. The average Bonchev–Trinajstić information content (AvgIpc) is 2.35. The Morgan fingerprint density at radius 3 is 2.35 bits per heavy atom. The Morgan fingerprint density at radius 1 is 1.29 bits per heavy atom. The van der Waals surface area contributed by atoms with Gasteiger partial charge in [-0.15, -0.1) is 0 Å². The zero-order chi connectivity index (χ0) is 12.9. The van der Waals surface area contributed by atoms with Crippen molar-refractivity contribution in [2.75, 3.05) is 7.11 Å². The molecule has 1 rings (SSSR count). The maximum absolute atomic E-state index is 13.5. The van der Waals surface area contributed by atoms with Gasteiger partial charge in [0.05, 0.1) is 7.11 Å². The monoisotopic (exact) mass is 262 g/mol. The van der Waals surface area contributed by atoms with Crippen LogP contribution in [0.5, 0.6) is 5.75 Å². The topological polar surface area (TPSA) is 26.3 Å². The van der Waals surface area contributed by atoms with Crippen LogP contribution in [0.3, 0.4) is 0 Å². The molecule has 0 aromatic heterocycles. The number of benzene rings is 1. The highest BCUT2D eigenvalue weighted by molar-refractivity contribution is 7.86. The van der Waals surface area contributed by atoms with Gasteiger partial charge in [0.1, 0.15) is 16.5 Å². The molecule has 1 aromatic rings. The summed E-state index contributed by atoms with van der Waals surface area (Å²) >= 11 is 0. The van der Waals surface area contributed by atoms with Crippen LogP contribution < -0.4 is 4.74 Å². The fraction of sp³-hybridized carbons (Fsp3) is 0.500. The summed E-state index contributed by atoms with van der Waals surface area (Å²) in [7, 11) is -0.806. The predicted molar refractivity (Wildman–Crippen MR) is 63.9 cm³/mol. The zero-order valence-corrected chi connectivity index (χ0v) is 10.7. The molecule has 0 aliphatic heterocycles. The van der Waals surface area contributed by atoms with E-state index in [1.807, 2.05) is 6.92 Å². The second kappa shape index (κ2) is 6.10. The van der Waals surface area contributed by atoms with Gasteiger partial charge in [-0.2, -0.15) is 8.78 Å². The third-order valence-corrected chi connectivity index (χ3v) is 3.81. The molecule has 0 bridgehead atoms. The van der Waals surface area contributed by atoms with Crippen molar-refractivity contribution in [2.24, 2.45) is 0 Å². The van der Waals surface area contributed by atoms with E-state index < -0.39 is 16.1 Å². The van der Waals surface area contributed by atoms with Crippen LogP contribution in [0.1, 0.15) is 26.2 Å². The first-order valence-electron chi connectivity index (χ1n) is 5.45. The highest BCUT2D eigenvalue weighted by Gasteiger charge is 2.36. The summed E-state index contributed by atoms with van der Waals surface area (Å²) in [5.41, 5.74) is 0. The Hall–Kier alpha value is -0.970. The van der Waals surface area contributed by atoms with E-state index in [1.165, 1.54) is 31.4 Å². The third kappa shape index (κ3) is 3.77. The van der Waals surface area contributed by atoms with Crippen LogP contribution >= 0.6 is 0 Å². The molecule has 2 nitrogen and oxygen atoms in total. The van der Waals surface area contributed by atoms with Gasteiger partial charge in [-0.25, -0.2) is 4.21 Å². The molecule has 0 spiro atoms. The minimum Gasteiger partial charge on any atom is -0.497 e. The Labute approximate surface area is 102 Å². The molecular weight excluding hydrogens is 246 g/mol. The van der Waals surface area contributed by atoms with E-state index in [-0.39, 0.29) is 11.3 Å². The summed E-state index contributed by atoms with van der Waals surface area (Å²) in [6, 6.07) is 5.88. The van der Waals surface area contributed by atoms with Crippen molar-refractivity contribution in [1.29, 1.82) is 0 Å². The lowest BCUT2D eigenvalue weighted by atomic mass is 10.3. The summed E-state index contributed by atoms with van der Waals surface area (Å²) < 4.78 is 43.7. The largest absolute Gasteiger partial charge is 0.497 e. The molecule has 17 heavy (non-hydrogen) atoms. The molecule has 1 atom stereocenters. The van der Waals surface area contributed by atoms with Crippen molar-refractivity contribution in [1.82, 2.24) is 0 Å². The molecule has 1 unspecified atom stereocenters. The molecule has 0 aliphatic carbocycles. The summed E-state index contributed by atoms with van der Waals surface area (Å²) in [5, 5.41) is -3.16. The fourth-order valence-corrected chi connectivity index (χ4v) is 2.40. The summed E-state index contributed by atoms with van der Waals surface area (Å²) in [5.74, 6) is 0.558. The first-order valence-corrected chi connectivity index (χ1v) is 6.60. The first-order chi connectivity index (χ1) is 8.01. The first kappa shape index (κ1) is 14.1. The van der Waals surface area contributed by atoms with E-state index in [2.05, 4.69) is 0 Å². The van der Waals surface area contributed by atoms with Gasteiger partial charge in [-0.1, -0.05) is 13.3 Å². The SMILES string of the molecule is CCCCC(F)(F)S(=O)c1ccc(OC)cc1. The van der Waals surface area contributed by atoms with Crippen LogP contribution in [0.4, 0.5) is 8.78 Å². The van der Waals surface area contributed by atoms with Crippen molar-refractivity contribution in [3.63, 3.8) is 0 Å². The van der Waals surface area contributed by atoms with Gasteiger partial charge in [0.25, 0.3) is 0 Å². The molecule has 0 heterocycles. The van der Waals surface area contributed by atoms with E-state index >= 15 is 0 Å². The number of alkyl halides is 2. The van der Waals surface area contributed by atoms with Gasteiger partial charge < -0.3 is 4.74 Å². The number of rotatable bonds is 6. The fourth-order valence-electron chi connectivity index (χ4n) is 1.35. The van der Waals surface area contributed by atoms with Gasteiger partial charge in [-0.05, 0) is 30.7 Å². The summed E-state index contributed by atoms with van der Waals surface area (Å²) in [4.78, 5) is 0.131. The average molecular weight is 262 g/mol. The molecular formula is C12H16F2O2S. The van der Waals surface area contributed by atoms with Crippen LogP contribution in [-0.2, 0) is 10.8 Å². The van der Waals surface area contributed by atoms with E-state index in [4.69, 9.17) is 4.74 Å². The molecule has 0 fully saturated rings. The second-order valence-corrected chi connectivity index (χ2v) is 5.29. The summed E-state index contributed by atoms with van der Waals surface area (Å²) in [6.07, 6.45) is 0.687. The molecule has 0 aliphatic rings. The number of hydrogen-bond acceptors (Lipinski definition) is 2. The number of methoxy groups -OCH3 is 1. The minimum atomic E-state index is -3.16. The number of ether oxygens (including phenoxy) is 1. The second-order valence-electron chi connectivity index (χ2n) is 3.69. The zero-order valence-electron chi connectivity index (χ0n) is 9.91. The van der Waals surface area contributed by atoms with Crippen LogP contribution in [0.15, 0.2) is 29.2 Å². The van der Waals surface area contributed by atoms with Crippen molar-refractivity contribution < 1.29 is 17.7 Å². The molecule has 0 saturated carbocycles. The van der Waals surface area contributed by atoms with Crippen molar-refractivity contribution >= 4 is 10.8 Å². The Kier molecular flexibility index (Phi) is 5.05. The lowest BCUT2D eigenvalue weighted by molar-refractivity contribution is 0.0861. The smallest absolute Gasteiger partial charge is 0.325 e. The third-order valence-electron chi connectivity index (χ3n) is 2.37. The lowest BCUT2D eigenvalue weighted by Crippen LogP contribution is -2.23. The number of hydrogen-bond donors (Lipinski definition) is 0. The Balaban J connectivity index is 2.80. The molecule has 5 heteroatoms. The van der Waals surface area contributed by atoms with Crippen LogP contribution in [0.25, 0.3) is 0 Å². The maximum atomic E-state index is 13.5. The van der Waals surface area contributed by atoms with Gasteiger partial charge in [0.15, 0.2) is 0 Å². The van der Waals surface area contributed by atoms with Crippen LogP contribution in [0, 0.1) is 0 Å². The van der Waals surface area contributed by atoms with E-state index in [9.17, 15) is 13.0 Å². The molecule has 0 N–H and O–H groups in total. The molecule has 96 valence electrons. The standard InChI is InChI=1S/C12H16F2O2S/c1-3-4-9-12(13,14)17(15)11-7-5-10(16-2)6-8-11/h5-8H,3-4,9H2,1-2H3. The Morgan fingerprint density at radius 2 is 1.88 bits per heavy atom. The highest BCUT2D eigenvalue weighted by Crippen LogP contribution is 2.30. The molecule has 0 saturated heterocycles. The molecule has 1 aromatic carbocycles. The normalized spacial score (nSPS) is 13.4. The quantitative estimate of drug-likeness (QED) is 0.783. The van der Waals surface area contributed by atoms with Gasteiger partial charge in [-0.3, -0.25) is 0 Å². The van der Waals surface area contributed by atoms with Gasteiger partial charge in [0.2, 0.25) is 0 Å². The molecule has 0 amide bonds. The summed E-state index contributed by atoms with van der Waals surface area (Å²) in [6.45, 7) is 1.83.